The van der Waals surface area contributed by atoms with Crippen LogP contribution in [0.1, 0.15) is 25.3 Å². The molecule has 1 aliphatic heterocycles. The Bertz CT molecular complexity index is 351. The maximum atomic E-state index is 6.03. The van der Waals surface area contributed by atoms with Crippen LogP contribution < -0.4 is 10.6 Å². The molecule has 1 saturated heterocycles. The molecule has 82 valence electrons. The lowest BCUT2D eigenvalue weighted by Crippen LogP contribution is -2.27. The molecule has 1 atom stereocenters. The smallest absolute Gasteiger partial charge is 0.0429 e. The zero-order valence-corrected chi connectivity index (χ0v) is 9.80. The van der Waals surface area contributed by atoms with E-state index in [2.05, 4.69) is 11.8 Å². The van der Waals surface area contributed by atoms with Gasteiger partial charge in [-0.3, -0.25) is 0 Å². The number of nitrogens with two attached hydrogens (primary N) is 1. The normalized spacial score (nSPS) is 21.0. The fourth-order valence-corrected chi connectivity index (χ4v) is 2.43. The highest BCUT2D eigenvalue weighted by atomic mass is 35.5. The Balaban J connectivity index is 2.36. The summed E-state index contributed by atoms with van der Waals surface area (Å²) in [6.07, 6.45) is 2.52. The van der Waals surface area contributed by atoms with Gasteiger partial charge in [-0.1, -0.05) is 17.7 Å². The van der Waals surface area contributed by atoms with Crippen molar-refractivity contribution in [1.29, 1.82) is 0 Å². The van der Waals surface area contributed by atoms with Crippen LogP contribution in [0, 0.1) is 0 Å². The van der Waals surface area contributed by atoms with Gasteiger partial charge in [-0.25, -0.2) is 0 Å². The largest absolute Gasteiger partial charge is 0.369 e. The average molecular weight is 225 g/mol. The van der Waals surface area contributed by atoms with E-state index in [0.29, 0.717) is 12.6 Å². The van der Waals surface area contributed by atoms with Gasteiger partial charge in [0.1, 0.15) is 0 Å². The van der Waals surface area contributed by atoms with Crippen LogP contribution in [0.2, 0.25) is 5.02 Å². The molecule has 0 aromatic heterocycles. The molecule has 15 heavy (non-hydrogen) atoms. The van der Waals surface area contributed by atoms with Gasteiger partial charge in [0, 0.05) is 29.8 Å². The summed E-state index contributed by atoms with van der Waals surface area (Å²) in [5.41, 5.74) is 8.15. The molecule has 0 amide bonds. The van der Waals surface area contributed by atoms with Gasteiger partial charge in [-0.05, 0) is 37.5 Å². The van der Waals surface area contributed by atoms with Gasteiger partial charge in [0.2, 0.25) is 0 Å². The second-order valence-corrected chi connectivity index (χ2v) is 4.60. The second kappa shape index (κ2) is 4.42. The number of benzene rings is 1. The van der Waals surface area contributed by atoms with E-state index in [1.165, 1.54) is 24.1 Å². The number of anilines is 1. The van der Waals surface area contributed by atoms with Gasteiger partial charge in [0.15, 0.2) is 0 Å². The Morgan fingerprint density at radius 2 is 2.33 bits per heavy atom. The summed E-state index contributed by atoms with van der Waals surface area (Å²) in [6, 6.07) is 6.58. The molecule has 1 heterocycles. The molecule has 1 fully saturated rings. The zero-order valence-electron chi connectivity index (χ0n) is 9.04. The fraction of sp³-hybridized carbons (Fsp3) is 0.500. The third kappa shape index (κ3) is 2.11. The average Bonchev–Trinajstić information content (AvgIpc) is 2.64. The molecule has 2 nitrogen and oxygen atoms in total. The number of nitrogens with zero attached hydrogens (tertiary/aromatic N) is 1. The lowest BCUT2D eigenvalue weighted by Gasteiger charge is -2.26. The molecular weight excluding hydrogens is 208 g/mol. The number of hydrogen-bond donors (Lipinski definition) is 1. The van der Waals surface area contributed by atoms with E-state index in [1.54, 1.807) is 0 Å². The van der Waals surface area contributed by atoms with Crippen molar-refractivity contribution in [3.05, 3.63) is 28.8 Å². The van der Waals surface area contributed by atoms with E-state index in [1.807, 2.05) is 18.2 Å². The Morgan fingerprint density at radius 3 is 2.93 bits per heavy atom. The molecule has 3 heteroatoms. The van der Waals surface area contributed by atoms with Crippen LogP contribution in [0.5, 0.6) is 0 Å². The SMILES string of the molecule is CC1CCCN1c1cc(Cl)ccc1CN. The standard InChI is InChI=1S/C12H17ClN2/c1-9-3-2-6-15(9)12-7-11(13)5-4-10(12)8-14/h4-5,7,9H,2-3,6,8,14H2,1H3. The van der Waals surface area contributed by atoms with Crippen LogP contribution in [0.4, 0.5) is 5.69 Å². The molecule has 1 aliphatic rings. The topological polar surface area (TPSA) is 29.3 Å². The Labute approximate surface area is 96.0 Å². The summed E-state index contributed by atoms with van der Waals surface area (Å²) in [7, 11) is 0. The molecule has 0 bridgehead atoms. The summed E-state index contributed by atoms with van der Waals surface area (Å²) in [6.45, 7) is 3.96. The highest BCUT2D eigenvalue weighted by Crippen LogP contribution is 2.30. The Kier molecular flexibility index (Phi) is 3.17. The molecule has 0 spiro atoms. The molecule has 0 saturated carbocycles. The second-order valence-electron chi connectivity index (χ2n) is 4.16. The highest BCUT2D eigenvalue weighted by molar-refractivity contribution is 6.30. The van der Waals surface area contributed by atoms with E-state index in [4.69, 9.17) is 17.3 Å². The molecule has 0 aliphatic carbocycles. The van der Waals surface area contributed by atoms with E-state index < -0.39 is 0 Å². The number of rotatable bonds is 2. The van der Waals surface area contributed by atoms with Crippen molar-refractivity contribution in [2.45, 2.75) is 32.4 Å². The van der Waals surface area contributed by atoms with Crippen LogP contribution in [0.3, 0.4) is 0 Å². The fourth-order valence-electron chi connectivity index (χ4n) is 2.27. The third-order valence-corrected chi connectivity index (χ3v) is 3.36. The highest BCUT2D eigenvalue weighted by Gasteiger charge is 2.22. The van der Waals surface area contributed by atoms with Crippen LogP contribution >= 0.6 is 11.6 Å². The molecule has 2 N–H and O–H groups in total. The van der Waals surface area contributed by atoms with Crippen molar-refractivity contribution in [2.24, 2.45) is 5.73 Å². The van der Waals surface area contributed by atoms with Crippen LogP contribution in [-0.4, -0.2) is 12.6 Å². The van der Waals surface area contributed by atoms with Crippen molar-refractivity contribution in [1.82, 2.24) is 0 Å². The van der Waals surface area contributed by atoms with E-state index in [0.717, 1.165) is 11.6 Å². The predicted molar refractivity (Wildman–Crippen MR) is 65.4 cm³/mol. The quantitative estimate of drug-likeness (QED) is 0.837. The first-order valence-corrected chi connectivity index (χ1v) is 5.85. The first-order valence-electron chi connectivity index (χ1n) is 5.47. The summed E-state index contributed by atoms with van der Waals surface area (Å²) >= 11 is 6.03. The van der Waals surface area contributed by atoms with Crippen molar-refractivity contribution in [2.75, 3.05) is 11.4 Å². The van der Waals surface area contributed by atoms with Gasteiger partial charge in [0.25, 0.3) is 0 Å². The maximum absolute atomic E-state index is 6.03. The van der Waals surface area contributed by atoms with Crippen LogP contribution in [-0.2, 0) is 6.54 Å². The summed E-state index contributed by atoms with van der Waals surface area (Å²) < 4.78 is 0. The first kappa shape index (κ1) is 10.8. The predicted octanol–water partition coefficient (Wildman–Crippen LogP) is 2.79. The minimum absolute atomic E-state index is 0.579. The van der Waals surface area contributed by atoms with Crippen molar-refractivity contribution >= 4 is 17.3 Å². The first-order chi connectivity index (χ1) is 7.22. The van der Waals surface area contributed by atoms with Gasteiger partial charge >= 0.3 is 0 Å². The van der Waals surface area contributed by atoms with Crippen molar-refractivity contribution in [3.63, 3.8) is 0 Å². The maximum Gasteiger partial charge on any atom is 0.0429 e. The zero-order chi connectivity index (χ0) is 10.8. The molecule has 1 unspecified atom stereocenters. The minimum atomic E-state index is 0.579. The van der Waals surface area contributed by atoms with Crippen LogP contribution in [0.25, 0.3) is 0 Å². The summed E-state index contributed by atoms with van der Waals surface area (Å²) in [5, 5.41) is 0.793. The monoisotopic (exact) mass is 224 g/mol. The molecule has 2 rings (SSSR count). The minimum Gasteiger partial charge on any atom is -0.369 e. The summed E-state index contributed by atoms with van der Waals surface area (Å²) in [5.74, 6) is 0. The van der Waals surface area contributed by atoms with E-state index in [-0.39, 0.29) is 0 Å². The lowest BCUT2D eigenvalue weighted by molar-refractivity contribution is 0.731. The third-order valence-electron chi connectivity index (χ3n) is 3.13. The summed E-state index contributed by atoms with van der Waals surface area (Å²) in [4.78, 5) is 2.41. The van der Waals surface area contributed by atoms with Gasteiger partial charge in [0.05, 0.1) is 0 Å². The van der Waals surface area contributed by atoms with Crippen molar-refractivity contribution < 1.29 is 0 Å². The van der Waals surface area contributed by atoms with Gasteiger partial charge < -0.3 is 10.6 Å². The van der Waals surface area contributed by atoms with E-state index in [9.17, 15) is 0 Å². The van der Waals surface area contributed by atoms with Gasteiger partial charge in [-0.15, -0.1) is 0 Å². The van der Waals surface area contributed by atoms with Crippen LogP contribution in [0.15, 0.2) is 18.2 Å². The lowest BCUT2D eigenvalue weighted by atomic mass is 10.1. The Hall–Kier alpha value is -0.730. The molecule has 1 aromatic rings. The number of halogens is 1. The molecule has 0 radical (unpaired) electrons. The molecule has 1 aromatic carbocycles. The van der Waals surface area contributed by atoms with E-state index >= 15 is 0 Å². The van der Waals surface area contributed by atoms with Gasteiger partial charge in [-0.2, -0.15) is 0 Å². The molecular formula is C12H17ClN2. The number of hydrogen-bond acceptors (Lipinski definition) is 2. The van der Waals surface area contributed by atoms with Crippen molar-refractivity contribution in [3.8, 4) is 0 Å². The Morgan fingerprint density at radius 1 is 1.53 bits per heavy atom.